The van der Waals surface area contributed by atoms with E-state index in [1.54, 1.807) is 13.8 Å². The average Bonchev–Trinajstić information content (AvgIpc) is 2.61. The summed E-state index contributed by atoms with van der Waals surface area (Å²) in [5, 5.41) is 3.34. The zero-order chi connectivity index (χ0) is 17.4. The Morgan fingerprint density at radius 2 is 1.58 bits per heavy atom. The van der Waals surface area contributed by atoms with Crippen LogP contribution >= 0.6 is 7.60 Å². The van der Waals surface area contributed by atoms with Crippen LogP contribution < -0.4 is 11.1 Å². The summed E-state index contributed by atoms with van der Waals surface area (Å²) >= 11 is 0. The molecule has 6 heteroatoms. The fourth-order valence-electron chi connectivity index (χ4n) is 2.34. The van der Waals surface area contributed by atoms with Gasteiger partial charge in [-0.15, -0.1) is 0 Å². The molecule has 0 fully saturated rings. The topological polar surface area (TPSA) is 73.6 Å². The molecule has 0 aliphatic carbocycles. The van der Waals surface area contributed by atoms with E-state index in [0.717, 1.165) is 17.8 Å². The van der Waals surface area contributed by atoms with E-state index in [-0.39, 0.29) is 0 Å². The molecule has 0 saturated heterocycles. The SMILES string of the molecule is CCOP(=O)(OCC)[C@H](N)c1ccc(NCc2ccccc2)cc1. The summed E-state index contributed by atoms with van der Waals surface area (Å²) in [5.41, 5.74) is 9.03. The van der Waals surface area contributed by atoms with Gasteiger partial charge in [-0.25, -0.2) is 0 Å². The third-order valence-electron chi connectivity index (χ3n) is 3.55. The highest BCUT2D eigenvalue weighted by Crippen LogP contribution is 2.58. The van der Waals surface area contributed by atoms with Gasteiger partial charge in [0.1, 0.15) is 5.78 Å². The Morgan fingerprint density at radius 1 is 1.00 bits per heavy atom. The maximum atomic E-state index is 12.7. The fourth-order valence-corrected chi connectivity index (χ4v) is 3.99. The predicted molar refractivity (Wildman–Crippen MR) is 98.0 cm³/mol. The first-order valence-corrected chi connectivity index (χ1v) is 9.72. The molecule has 130 valence electrons. The molecule has 0 saturated carbocycles. The van der Waals surface area contributed by atoms with Gasteiger partial charge < -0.3 is 20.1 Å². The third-order valence-corrected chi connectivity index (χ3v) is 5.77. The maximum absolute atomic E-state index is 12.7. The summed E-state index contributed by atoms with van der Waals surface area (Å²) < 4.78 is 23.4. The van der Waals surface area contributed by atoms with E-state index in [1.807, 2.05) is 42.5 Å². The van der Waals surface area contributed by atoms with E-state index in [9.17, 15) is 4.57 Å². The number of rotatable bonds is 9. The molecular weight excluding hydrogens is 323 g/mol. The Morgan fingerprint density at radius 3 is 2.12 bits per heavy atom. The minimum atomic E-state index is -3.35. The van der Waals surface area contributed by atoms with Crippen LogP contribution in [0.2, 0.25) is 0 Å². The lowest BCUT2D eigenvalue weighted by atomic mass is 10.2. The van der Waals surface area contributed by atoms with Gasteiger partial charge in [0.2, 0.25) is 0 Å². The second kappa shape index (κ2) is 9.00. The molecule has 24 heavy (non-hydrogen) atoms. The highest BCUT2D eigenvalue weighted by atomic mass is 31.2. The molecule has 0 amide bonds. The van der Waals surface area contributed by atoms with Crippen molar-refractivity contribution in [1.82, 2.24) is 0 Å². The summed E-state index contributed by atoms with van der Waals surface area (Å²) in [4.78, 5) is 0. The van der Waals surface area contributed by atoms with Gasteiger partial charge in [-0.05, 0) is 37.1 Å². The van der Waals surface area contributed by atoms with E-state index in [1.165, 1.54) is 5.56 Å². The second-order valence-corrected chi connectivity index (χ2v) is 7.43. The van der Waals surface area contributed by atoms with Crippen molar-refractivity contribution in [2.45, 2.75) is 26.2 Å². The van der Waals surface area contributed by atoms with E-state index < -0.39 is 13.4 Å². The van der Waals surface area contributed by atoms with Gasteiger partial charge in [-0.2, -0.15) is 0 Å². The zero-order valence-electron chi connectivity index (χ0n) is 14.1. The van der Waals surface area contributed by atoms with Gasteiger partial charge in [0.25, 0.3) is 0 Å². The summed E-state index contributed by atoms with van der Waals surface area (Å²) in [6.07, 6.45) is 0. The van der Waals surface area contributed by atoms with Gasteiger partial charge in [0.15, 0.2) is 0 Å². The van der Waals surface area contributed by atoms with Crippen molar-refractivity contribution in [2.24, 2.45) is 5.73 Å². The molecule has 1 atom stereocenters. The Kier molecular flexibility index (Phi) is 7.00. The van der Waals surface area contributed by atoms with Crippen LogP contribution in [0.15, 0.2) is 54.6 Å². The van der Waals surface area contributed by atoms with Crippen molar-refractivity contribution in [2.75, 3.05) is 18.5 Å². The molecule has 0 bridgehead atoms. The van der Waals surface area contributed by atoms with Crippen LogP contribution in [0.5, 0.6) is 0 Å². The summed E-state index contributed by atoms with van der Waals surface area (Å²) in [7, 11) is -3.35. The van der Waals surface area contributed by atoms with Gasteiger partial charge in [0.05, 0.1) is 13.2 Å². The van der Waals surface area contributed by atoms with E-state index in [2.05, 4.69) is 17.4 Å². The van der Waals surface area contributed by atoms with Crippen molar-refractivity contribution >= 4 is 13.3 Å². The van der Waals surface area contributed by atoms with Crippen LogP contribution in [-0.4, -0.2) is 13.2 Å². The molecule has 5 nitrogen and oxygen atoms in total. The second-order valence-electron chi connectivity index (χ2n) is 5.28. The first-order chi connectivity index (χ1) is 11.6. The number of anilines is 1. The van der Waals surface area contributed by atoms with Crippen molar-refractivity contribution in [3.05, 3.63) is 65.7 Å². The lowest BCUT2D eigenvalue weighted by Crippen LogP contribution is -2.15. The molecule has 2 aromatic rings. The standard InChI is InChI=1S/C18H25N2O3P/c1-3-22-24(21,23-4-2)18(19)16-10-12-17(13-11-16)20-14-15-8-6-5-7-9-15/h5-13,18,20H,3-4,14,19H2,1-2H3/t18-/m0/s1. The van der Waals surface area contributed by atoms with Crippen LogP contribution in [0.1, 0.15) is 30.8 Å². The summed E-state index contributed by atoms with van der Waals surface area (Å²) in [6.45, 7) is 4.87. The quantitative estimate of drug-likeness (QED) is 0.652. The molecule has 0 unspecified atom stereocenters. The Labute approximate surface area is 143 Å². The minimum Gasteiger partial charge on any atom is -0.381 e. The molecule has 0 heterocycles. The van der Waals surface area contributed by atoms with Crippen LogP contribution in [0.3, 0.4) is 0 Å². The van der Waals surface area contributed by atoms with Crippen molar-refractivity contribution in [3.8, 4) is 0 Å². The van der Waals surface area contributed by atoms with Crippen LogP contribution in [0.25, 0.3) is 0 Å². The van der Waals surface area contributed by atoms with Crippen molar-refractivity contribution in [3.63, 3.8) is 0 Å². The van der Waals surface area contributed by atoms with E-state index in [0.29, 0.717) is 13.2 Å². The van der Waals surface area contributed by atoms with E-state index >= 15 is 0 Å². The average molecular weight is 348 g/mol. The lowest BCUT2D eigenvalue weighted by molar-refractivity contribution is 0.212. The molecule has 3 N–H and O–H groups in total. The summed E-state index contributed by atoms with van der Waals surface area (Å²) in [5.74, 6) is -0.791. The molecule has 2 rings (SSSR count). The molecule has 2 aromatic carbocycles. The van der Waals surface area contributed by atoms with Crippen LogP contribution in [-0.2, 0) is 20.2 Å². The number of hydrogen-bond donors (Lipinski definition) is 2. The molecule has 0 aliphatic rings. The van der Waals surface area contributed by atoms with Crippen molar-refractivity contribution < 1.29 is 13.6 Å². The normalized spacial score (nSPS) is 12.8. The lowest BCUT2D eigenvalue weighted by Gasteiger charge is -2.23. The molecule has 0 spiro atoms. The Bertz CT molecular complexity index is 652. The maximum Gasteiger partial charge on any atom is 0.351 e. The first kappa shape index (κ1) is 18.7. The number of benzene rings is 2. The Hall–Kier alpha value is -1.65. The van der Waals surface area contributed by atoms with Gasteiger partial charge in [0, 0.05) is 12.2 Å². The molecule has 0 aromatic heterocycles. The predicted octanol–water partition coefficient (Wildman–Crippen LogP) is 4.52. The minimum absolute atomic E-state index is 0.293. The van der Waals surface area contributed by atoms with E-state index in [4.69, 9.17) is 14.8 Å². The number of nitrogens with one attached hydrogen (secondary N) is 1. The first-order valence-electron chi connectivity index (χ1n) is 8.11. The van der Waals surface area contributed by atoms with Gasteiger partial charge >= 0.3 is 7.60 Å². The third kappa shape index (κ3) is 4.92. The monoisotopic (exact) mass is 348 g/mol. The highest BCUT2D eigenvalue weighted by Gasteiger charge is 2.33. The van der Waals surface area contributed by atoms with Crippen LogP contribution in [0, 0.1) is 0 Å². The number of nitrogens with two attached hydrogens (primary N) is 1. The Balaban J connectivity index is 2.03. The summed E-state index contributed by atoms with van der Waals surface area (Å²) in [6, 6.07) is 17.7. The molecular formula is C18H25N2O3P. The highest BCUT2D eigenvalue weighted by molar-refractivity contribution is 7.54. The smallest absolute Gasteiger partial charge is 0.351 e. The van der Waals surface area contributed by atoms with Gasteiger partial charge in [-0.1, -0.05) is 42.5 Å². The fraction of sp³-hybridized carbons (Fsp3) is 0.333. The molecule has 0 aliphatic heterocycles. The molecule has 0 radical (unpaired) electrons. The van der Waals surface area contributed by atoms with Crippen LogP contribution in [0.4, 0.5) is 5.69 Å². The number of hydrogen-bond acceptors (Lipinski definition) is 5. The largest absolute Gasteiger partial charge is 0.381 e. The van der Waals surface area contributed by atoms with Crippen molar-refractivity contribution in [1.29, 1.82) is 0 Å². The zero-order valence-corrected chi connectivity index (χ0v) is 15.0. The van der Waals surface area contributed by atoms with Gasteiger partial charge in [-0.3, -0.25) is 4.57 Å².